The van der Waals surface area contributed by atoms with Crippen molar-refractivity contribution in [2.45, 2.75) is 25.8 Å². The quantitative estimate of drug-likeness (QED) is 0.151. The van der Waals surface area contributed by atoms with Crippen LogP contribution in [0.15, 0.2) is 212 Å². The highest BCUT2D eigenvalue weighted by atomic mass is 28.3. The third kappa shape index (κ3) is 6.09. The fourth-order valence-electron chi connectivity index (χ4n) is 9.68. The zero-order valence-corrected chi connectivity index (χ0v) is 34.6. The molecule has 9 aromatic rings. The van der Waals surface area contributed by atoms with E-state index in [2.05, 4.69) is 233 Å². The number of hydrogen-bond donors (Lipinski definition) is 0. The topological polar surface area (TPSA) is 25.8 Å². The summed E-state index contributed by atoms with van der Waals surface area (Å²) in [6, 6.07) is 77.0. The van der Waals surface area contributed by atoms with Gasteiger partial charge in [-0.1, -0.05) is 209 Å². The number of rotatable bonds is 7. The van der Waals surface area contributed by atoms with Gasteiger partial charge in [0.15, 0.2) is 8.07 Å². The lowest BCUT2D eigenvalue weighted by Crippen LogP contribution is -2.56. The molecule has 2 nitrogen and oxygen atoms in total. The minimum atomic E-state index is -3.16. The number of nitrogens with zero attached hydrogens (tertiary/aromatic N) is 2. The summed E-state index contributed by atoms with van der Waals surface area (Å²) in [5.74, 6) is 0. The van der Waals surface area contributed by atoms with Gasteiger partial charge in [-0.15, -0.1) is 0 Å². The summed E-state index contributed by atoms with van der Waals surface area (Å²) in [7, 11) is -3.16. The Morgan fingerprint density at radius 1 is 0.339 bits per heavy atom. The van der Waals surface area contributed by atoms with Gasteiger partial charge in [0, 0.05) is 11.1 Å². The molecule has 0 saturated carbocycles. The van der Waals surface area contributed by atoms with Crippen LogP contribution in [0.3, 0.4) is 0 Å². The molecule has 0 bridgehead atoms. The Morgan fingerprint density at radius 3 is 1.14 bits per heavy atom. The molecule has 2 aromatic heterocycles. The first-order valence-corrected chi connectivity index (χ1v) is 22.5. The number of hydrogen-bond acceptors (Lipinski definition) is 2. The molecule has 10 rings (SSSR count). The highest BCUT2D eigenvalue weighted by molar-refractivity contribution is 7.23. The van der Waals surface area contributed by atoms with Crippen LogP contribution in [0.4, 0.5) is 0 Å². The molecule has 0 amide bonds. The van der Waals surface area contributed by atoms with Crippen molar-refractivity contribution in [2.24, 2.45) is 0 Å². The lowest BCUT2D eigenvalue weighted by atomic mass is 9.90. The summed E-state index contributed by atoms with van der Waals surface area (Å²) < 4.78 is 0. The molecule has 0 spiro atoms. The normalized spacial score (nSPS) is 14.0. The first kappa shape index (κ1) is 36.4. The second-order valence-corrected chi connectivity index (χ2v) is 21.0. The lowest BCUT2D eigenvalue weighted by molar-refractivity contribution is 0.741. The molecule has 1 aliphatic heterocycles. The van der Waals surface area contributed by atoms with E-state index in [9.17, 15) is 0 Å². The highest BCUT2D eigenvalue weighted by Crippen LogP contribution is 2.62. The number of benzene rings is 7. The average Bonchev–Trinajstić information content (AvgIpc) is 3.63. The van der Waals surface area contributed by atoms with Crippen molar-refractivity contribution >= 4 is 56.3 Å². The van der Waals surface area contributed by atoms with Gasteiger partial charge in [-0.3, -0.25) is 0 Å². The Bertz CT molecular complexity index is 2870. The van der Waals surface area contributed by atoms with Crippen LogP contribution in [0.2, 0.25) is 5.04 Å². The largest absolute Gasteiger partial charge is 0.248 e. The number of aromatic nitrogens is 2. The van der Waals surface area contributed by atoms with Gasteiger partial charge in [0.25, 0.3) is 0 Å². The van der Waals surface area contributed by atoms with Crippen molar-refractivity contribution in [3.8, 4) is 22.5 Å². The maximum absolute atomic E-state index is 5.77. The van der Waals surface area contributed by atoms with Gasteiger partial charge in [0.1, 0.15) is 0 Å². The van der Waals surface area contributed by atoms with E-state index >= 15 is 0 Å². The van der Waals surface area contributed by atoms with Crippen molar-refractivity contribution < 1.29 is 0 Å². The highest BCUT2D eigenvalue weighted by Gasteiger charge is 2.59. The summed E-state index contributed by atoms with van der Waals surface area (Å²) >= 11 is 0. The molecule has 0 radical (unpaired) electrons. The van der Waals surface area contributed by atoms with E-state index in [1.807, 2.05) is 0 Å². The third-order valence-electron chi connectivity index (χ3n) is 12.1. The molecule has 0 saturated heterocycles. The summed E-state index contributed by atoms with van der Waals surface area (Å²) in [5, 5.41) is 8.53. The Hall–Kier alpha value is -6.94. The lowest BCUT2D eigenvalue weighted by Gasteiger charge is -2.45. The first-order valence-electron chi connectivity index (χ1n) is 20.5. The summed E-state index contributed by atoms with van der Waals surface area (Å²) in [6.07, 6.45) is 0. The fourth-order valence-corrected chi connectivity index (χ4v) is 15.9. The molecular weight excluding hydrogens is 729 g/mol. The van der Waals surface area contributed by atoms with E-state index in [4.69, 9.17) is 9.97 Å². The second kappa shape index (κ2) is 14.8. The van der Waals surface area contributed by atoms with E-state index in [0.717, 1.165) is 33.9 Å². The second-order valence-electron chi connectivity index (χ2n) is 16.5. The van der Waals surface area contributed by atoms with E-state index in [1.54, 1.807) is 0 Å². The third-order valence-corrected chi connectivity index (χ3v) is 18.1. The molecule has 3 heterocycles. The van der Waals surface area contributed by atoms with E-state index in [1.165, 1.54) is 59.4 Å². The maximum atomic E-state index is 5.77. The molecule has 0 fully saturated rings. The molecule has 0 N–H and O–H groups in total. The zero-order valence-electron chi connectivity index (χ0n) is 33.6. The Kier molecular flexibility index (Phi) is 9.11. The van der Waals surface area contributed by atoms with E-state index < -0.39 is 8.07 Å². The van der Waals surface area contributed by atoms with Crippen LogP contribution in [-0.4, -0.2) is 18.0 Å². The molecule has 282 valence electrons. The van der Waals surface area contributed by atoms with Crippen molar-refractivity contribution in [1.82, 2.24) is 9.97 Å². The summed E-state index contributed by atoms with van der Waals surface area (Å²) in [5.41, 5.74) is 11.0. The van der Waals surface area contributed by atoms with E-state index in [-0.39, 0.29) is 5.04 Å². The molecule has 0 aliphatic carbocycles. The van der Waals surface area contributed by atoms with Crippen LogP contribution in [0.5, 0.6) is 0 Å². The minimum absolute atomic E-state index is 0.246. The van der Waals surface area contributed by atoms with Crippen LogP contribution in [-0.2, 0) is 0 Å². The number of fused-ring (bicyclic) bond motifs is 2. The standard InChI is InChI=1S/C56H44N2Si/c1-56(2,3)59(43-29-11-6-12-30-43)54(50-37-19-35-48(57-50)46-33-17-27-39-21-13-15-31-44(39)46)52(41-23-7-4-8-24-41)53(42-25-9-5-10-26-42)55(59)51-38-20-36-49(58-51)47-34-18-28-40-22-14-16-32-45(40)47/h4-38H,1-3H3. The molecular formula is C56H44N2Si. The molecule has 1 aliphatic rings. The van der Waals surface area contributed by atoms with Gasteiger partial charge in [-0.05, 0) is 88.7 Å². The van der Waals surface area contributed by atoms with Gasteiger partial charge in [0.2, 0.25) is 0 Å². The smallest absolute Gasteiger partial charge is 0.160 e. The first-order chi connectivity index (χ1) is 28.9. The molecule has 0 atom stereocenters. The van der Waals surface area contributed by atoms with Crippen molar-refractivity contribution in [2.75, 3.05) is 0 Å². The maximum Gasteiger partial charge on any atom is 0.160 e. The molecule has 0 unspecified atom stereocenters. The Balaban J connectivity index is 1.36. The van der Waals surface area contributed by atoms with Crippen molar-refractivity contribution in [3.63, 3.8) is 0 Å². The average molecular weight is 773 g/mol. The van der Waals surface area contributed by atoms with Crippen LogP contribution >= 0.6 is 0 Å². The van der Waals surface area contributed by atoms with E-state index in [0.29, 0.717) is 0 Å². The van der Waals surface area contributed by atoms with Crippen LogP contribution in [0.25, 0.3) is 65.6 Å². The van der Waals surface area contributed by atoms with Gasteiger partial charge in [-0.25, -0.2) is 9.97 Å². The Morgan fingerprint density at radius 2 is 0.695 bits per heavy atom. The Labute approximate surface area is 347 Å². The van der Waals surface area contributed by atoms with Crippen LogP contribution in [0.1, 0.15) is 43.3 Å². The monoisotopic (exact) mass is 772 g/mol. The SMILES string of the molecule is CC(C)(C)[Si]1(c2ccccc2)C(c2cccc(-c3cccc4ccccc34)n2)=C(c2ccccc2)C(c2ccccc2)=C1c1cccc(-c2cccc3ccccc23)n1. The predicted molar refractivity (Wildman–Crippen MR) is 252 cm³/mol. The molecule has 59 heavy (non-hydrogen) atoms. The van der Waals surface area contributed by atoms with Crippen LogP contribution in [0, 0.1) is 0 Å². The summed E-state index contributed by atoms with van der Waals surface area (Å²) in [6.45, 7) is 7.35. The summed E-state index contributed by atoms with van der Waals surface area (Å²) in [4.78, 5) is 11.5. The van der Waals surface area contributed by atoms with Crippen molar-refractivity contribution in [3.05, 3.63) is 235 Å². The minimum Gasteiger partial charge on any atom is -0.248 e. The predicted octanol–water partition coefficient (Wildman–Crippen LogP) is 13.9. The van der Waals surface area contributed by atoms with Gasteiger partial charge >= 0.3 is 0 Å². The van der Waals surface area contributed by atoms with Crippen LogP contribution < -0.4 is 5.19 Å². The van der Waals surface area contributed by atoms with Gasteiger partial charge in [-0.2, -0.15) is 0 Å². The fraction of sp³-hybridized carbons (Fsp3) is 0.0714. The molecule has 7 aromatic carbocycles. The van der Waals surface area contributed by atoms with Crippen molar-refractivity contribution in [1.29, 1.82) is 0 Å². The zero-order chi connectivity index (χ0) is 40.0. The number of allylic oxidation sites excluding steroid dienone is 2. The van der Waals surface area contributed by atoms with Gasteiger partial charge < -0.3 is 0 Å². The van der Waals surface area contributed by atoms with Gasteiger partial charge in [0.05, 0.1) is 22.8 Å². The number of pyridine rings is 2. The molecule has 3 heteroatoms.